The number of aromatic nitrogens is 2. The zero-order valence-electron chi connectivity index (χ0n) is 11.3. The third-order valence-electron chi connectivity index (χ3n) is 3.05. The van der Waals surface area contributed by atoms with Gasteiger partial charge in [0, 0.05) is 35.8 Å². The van der Waals surface area contributed by atoms with Crippen LogP contribution >= 0.6 is 0 Å². The summed E-state index contributed by atoms with van der Waals surface area (Å²) in [7, 11) is 0. The molecule has 0 spiro atoms. The molecule has 0 aliphatic rings. The van der Waals surface area contributed by atoms with Gasteiger partial charge in [0.15, 0.2) is 0 Å². The minimum absolute atomic E-state index is 0.128. The highest BCUT2D eigenvalue weighted by molar-refractivity contribution is 6.05. The Balaban J connectivity index is 1.86. The molecule has 0 radical (unpaired) electrons. The molecule has 7 heteroatoms. The highest BCUT2D eigenvalue weighted by atomic mass is 16.6. The van der Waals surface area contributed by atoms with E-state index in [2.05, 4.69) is 15.3 Å². The average molecular weight is 294 g/mol. The van der Waals surface area contributed by atoms with E-state index < -0.39 is 10.8 Å². The smallest absolute Gasteiger partial charge is 0.270 e. The Labute approximate surface area is 124 Å². The van der Waals surface area contributed by atoms with E-state index in [0.717, 1.165) is 5.52 Å². The van der Waals surface area contributed by atoms with Gasteiger partial charge in [0.2, 0.25) is 0 Å². The van der Waals surface area contributed by atoms with Gasteiger partial charge in [-0.1, -0.05) is 6.07 Å². The van der Waals surface area contributed by atoms with Gasteiger partial charge in [-0.3, -0.25) is 24.9 Å². The maximum Gasteiger partial charge on any atom is 0.270 e. The molecule has 1 amide bonds. The van der Waals surface area contributed by atoms with Crippen molar-refractivity contribution in [1.29, 1.82) is 0 Å². The highest BCUT2D eigenvalue weighted by Crippen LogP contribution is 2.18. The van der Waals surface area contributed by atoms with E-state index >= 15 is 0 Å². The maximum absolute atomic E-state index is 12.2. The van der Waals surface area contributed by atoms with Crippen LogP contribution in [0.1, 0.15) is 10.4 Å². The number of benzene rings is 2. The second-order valence-corrected chi connectivity index (χ2v) is 4.52. The number of hydrogen-bond donors (Lipinski definition) is 1. The van der Waals surface area contributed by atoms with Crippen LogP contribution in [0.15, 0.2) is 54.9 Å². The number of non-ortho nitro benzene ring substituents is 1. The SMILES string of the molecule is O=C(Nc1ccc2nccnc2c1)c1cccc([N+](=O)[O-])c1. The number of nitrogens with zero attached hydrogens (tertiary/aromatic N) is 3. The zero-order chi connectivity index (χ0) is 15.5. The van der Waals surface area contributed by atoms with Crippen LogP contribution in [0.25, 0.3) is 11.0 Å². The van der Waals surface area contributed by atoms with Crippen LogP contribution in [0.5, 0.6) is 0 Å². The molecule has 1 N–H and O–H groups in total. The standard InChI is InChI=1S/C15H10N4O3/c20-15(10-2-1-3-12(8-10)19(21)22)18-11-4-5-13-14(9-11)17-7-6-16-13/h1-9H,(H,18,20). The van der Waals surface area contributed by atoms with Gasteiger partial charge in [-0.05, 0) is 24.3 Å². The number of nitro groups is 1. The van der Waals surface area contributed by atoms with Crippen LogP contribution in [0.2, 0.25) is 0 Å². The Kier molecular flexibility index (Phi) is 3.45. The second kappa shape index (κ2) is 5.57. The van der Waals surface area contributed by atoms with Crippen molar-refractivity contribution in [2.45, 2.75) is 0 Å². The number of carbonyl (C=O) groups is 1. The lowest BCUT2D eigenvalue weighted by molar-refractivity contribution is -0.384. The molecule has 0 fully saturated rings. The number of fused-ring (bicyclic) bond motifs is 1. The summed E-state index contributed by atoms with van der Waals surface area (Å²) in [6, 6.07) is 10.7. The highest BCUT2D eigenvalue weighted by Gasteiger charge is 2.12. The van der Waals surface area contributed by atoms with Gasteiger partial charge in [-0.2, -0.15) is 0 Å². The number of hydrogen-bond acceptors (Lipinski definition) is 5. The normalized spacial score (nSPS) is 10.4. The Hall–Kier alpha value is -3.35. The predicted octanol–water partition coefficient (Wildman–Crippen LogP) is 2.79. The molecule has 0 aliphatic carbocycles. The topological polar surface area (TPSA) is 98.0 Å². The molecule has 0 atom stereocenters. The molecule has 1 heterocycles. The summed E-state index contributed by atoms with van der Waals surface area (Å²) in [6.45, 7) is 0. The van der Waals surface area contributed by atoms with E-state index in [1.807, 2.05) is 0 Å². The summed E-state index contributed by atoms with van der Waals surface area (Å²) in [5.41, 5.74) is 2.00. The molecule has 0 bridgehead atoms. The monoisotopic (exact) mass is 294 g/mol. The third kappa shape index (κ3) is 2.73. The lowest BCUT2D eigenvalue weighted by Gasteiger charge is -2.06. The van der Waals surface area contributed by atoms with E-state index in [4.69, 9.17) is 0 Å². The Morgan fingerprint density at radius 3 is 2.59 bits per heavy atom. The van der Waals surface area contributed by atoms with Gasteiger partial charge >= 0.3 is 0 Å². The van der Waals surface area contributed by atoms with Crippen LogP contribution < -0.4 is 5.32 Å². The predicted molar refractivity (Wildman–Crippen MR) is 80.6 cm³/mol. The van der Waals surface area contributed by atoms with Crippen molar-refractivity contribution in [3.63, 3.8) is 0 Å². The first kappa shape index (κ1) is 13.6. The van der Waals surface area contributed by atoms with Crippen LogP contribution in [-0.4, -0.2) is 20.8 Å². The van der Waals surface area contributed by atoms with Gasteiger partial charge < -0.3 is 5.32 Å². The summed E-state index contributed by atoms with van der Waals surface area (Å²) in [5.74, 6) is -0.424. The van der Waals surface area contributed by atoms with Gasteiger partial charge in [-0.25, -0.2) is 0 Å². The van der Waals surface area contributed by atoms with Crippen LogP contribution in [0.3, 0.4) is 0 Å². The summed E-state index contributed by atoms with van der Waals surface area (Å²) in [5, 5.41) is 13.4. The zero-order valence-corrected chi connectivity index (χ0v) is 11.3. The number of anilines is 1. The Bertz CT molecular complexity index is 879. The largest absolute Gasteiger partial charge is 0.322 e. The summed E-state index contributed by atoms with van der Waals surface area (Å²) in [4.78, 5) is 30.7. The molecular weight excluding hydrogens is 284 g/mol. The molecule has 108 valence electrons. The fraction of sp³-hybridized carbons (Fsp3) is 0. The molecule has 2 aromatic carbocycles. The maximum atomic E-state index is 12.2. The molecular formula is C15H10N4O3. The average Bonchev–Trinajstić information content (AvgIpc) is 2.55. The summed E-state index contributed by atoms with van der Waals surface area (Å²) >= 11 is 0. The van der Waals surface area contributed by atoms with Crippen LogP contribution in [0, 0.1) is 10.1 Å². The lowest BCUT2D eigenvalue weighted by Crippen LogP contribution is -2.12. The molecule has 0 aliphatic heterocycles. The molecule has 3 rings (SSSR count). The first-order valence-corrected chi connectivity index (χ1v) is 6.40. The number of amides is 1. The number of carbonyl (C=O) groups excluding carboxylic acids is 1. The fourth-order valence-electron chi connectivity index (χ4n) is 2.01. The minimum atomic E-state index is -0.539. The molecule has 3 aromatic rings. The van der Waals surface area contributed by atoms with Crippen LogP contribution in [-0.2, 0) is 0 Å². The molecule has 0 saturated carbocycles. The van der Waals surface area contributed by atoms with Crippen molar-refractivity contribution >= 4 is 28.3 Å². The van der Waals surface area contributed by atoms with E-state index in [0.29, 0.717) is 11.2 Å². The Morgan fingerprint density at radius 2 is 1.82 bits per heavy atom. The van der Waals surface area contributed by atoms with Crippen LogP contribution in [0.4, 0.5) is 11.4 Å². The third-order valence-corrected chi connectivity index (χ3v) is 3.05. The van der Waals surface area contributed by atoms with E-state index in [-0.39, 0.29) is 11.3 Å². The van der Waals surface area contributed by atoms with Crippen molar-refractivity contribution in [2.75, 3.05) is 5.32 Å². The van der Waals surface area contributed by atoms with Crippen molar-refractivity contribution in [3.8, 4) is 0 Å². The van der Waals surface area contributed by atoms with Gasteiger partial charge in [-0.15, -0.1) is 0 Å². The molecule has 0 unspecified atom stereocenters. The summed E-state index contributed by atoms with van der Waals surface area (Å²) < 4.78 is 0. The van der Waals surface area contributed by atoms with Crippen molar-refractivity contribution in [2.24, 2.45) is 0 Å². The summed E-state index contributed by atoms with van der Waals surface area (Å²) in [6.07, 6.45) is 3.15. The number of nitrogens with one attached hydrogen (secondary N) is 1. The van der Waals surface area contributed by atoms with E-state index in [1.165, 1.54) is 24.3 Å². The number of rotatable bonds is 3. The van der Waals surface area contributed by atoms with Crippen molar-refractivity contribution in [3.05, 3.63) is 70.5 Å². The minimum Gasteiger partial charge on any atom is -0.322 e. The number of nitro benzene ring substituents is 1. The lowest BCUT2D eigenvalue weighted by atomic mass is 10.2. The Morgan fingerprint density at radius 1 is 1.05 bits per heavy atom. The van der Waals surface area contributed by atoms with Crippen molar-refractivity contribution in [1.82, 2.24) is 9.97 Å². The second-order valence-electron chi connectivity index (χ2n) is 4.52. The molecule has 22 heavy (non-hydrogen) atoms. The van der Waals surface area contributed by atoms with Crippen molar-refractivity contribution < 1.29 is 9.72 Å². The first-order chi connectivity index (χ1) is 10.6. The molecule has 0 saturated heterocycles. The van der Waals surface area contributed by atoms with Gasteiger partial charge in [0.05, 0.1) is 16.0 Å². The van der Waals surface area contributed by atoms with Gasteiger partial charge in [0.1, 0.15) is 0 Å². The quantitative estimate of drug-likeness (QED) is 0.591. The van der Waals surface area contributed by atoms with E-state index in [1.54, 1.807) is 30.6 Å². The van der Waals surface area contributed by atoms with E-state index in [9.17, 15) is 14.9 Å². The van der Waals surface area contributed by atoms with Gasteiger partial charge in [0.25, 0.3) is 11.6 Å². The molecule has 1 aromatic heterocycles. The molecule has 7 nitrogen and oxygen atoms in total. The first-order valence-electron chi connectivity index (χ1n) is 6.40. The fourth-order valence-corrected chi connectivity index (χ4v) is 2.01.